The summed E-state index contributed by atoms with van der Waals surface area (Å²) in [4.78, 5) is 26.7. The lowest BCUT2D eigenvalue weighted by atomic mass is 9.78. The molecule has 0 N–H and O–H groups in total. The van der Waals surface area contributed by atoms with Gasteiger partial charge in [0, 0.05) is 6.54 Å². The van der Waals surface area contributed by atoms with Gasteiger partial charge >= 0.3 is 11.9 Å². The molecule has 0 aliphatic heterocycles. The summed E-state index contributed by atoms with van der Waals surface area (Å²) in [5.74, 6) is 0.584. The quantitative estimate of drug-likeness (QED) is 0.448. The molecule has 0 aromatic heterocycles. The van der Waals surface area contributed by atoms with Crippen molar-refractivity contribution in [2.45, 2.75) is 31.6 Å². The van der Waals surface area contributed by atoms with Gasteiger partial charge in [-0.3, -0.25) is 4.79 Å². The Morgan fingerprint density at radius 1 is 0.909 bits per heavy atom. The van der Waals surface area contributed by atoms with Crippen LogP contribution >= 0.6 is 0 Å². The summed E-state index contributed by atoms with van der Waals surface area (Å²) in [5, 5.41) is 0. The second kappa shape index (κ2) is 12.3. The molecular formula is C26H35NO6. The molecule has 0 aliphatic carbocycles. The molecule has 1 unspecified atom stereocenters. The summed E-state index contributed by atoms with van der Waals surface area (Å²) < 4.78 is 20.7. The Morgan fingerprint density at radius 3 is 2.27 bits per heavy atom. The third kappa shape index (κ3) is 6.71. The number of rotatable bonds is 12. The molecule has 2 aromatic carbocycles. The van der Waals surface area contributed by atoms with Crippen LogP contribution < -0.4 is 9.47 Å². The summed E-state index contributed by atoms with van der Waals surface area (Å²) in [6.45, 7) is 3.55. The van der Waals surface area contributed by atoms with Gasteiger partial charge in [0.05, 0.1) is 39.4 Å². The number of benzene rings is 2. The van der Waals surface area contributed by atoms with E-state index in [1.807, 2.05) is 43.3 Å². The molecule has 0 radical (unpaired) electrons. The van der Waals surface area contributed by atoms with E-state index < -0.39 is 5.41 Å². The van der Waals surface area contributed by atoms with Crippen LogP contribution in [0.2, 0.25) is 0 Å². The van der Waals surface area contributed by atoms with Gasteiger partial charge in [-0.2, -0.15) is 0 Å². The topological polar surface area (TPSA) is 74.3 Å². The molecule has 0 saturated carbocycles. The molecule has 180 valence electrons. The number of ether oxygens (including phenoxy) is 4. The number of hydrogen-bond acceptors (Lipinski definition) is 7. The van der Waals surface area contributed by atoms with E-state index in [0.717, 1.165) is 37.1 Å². The summed E-state index contributed by atoms with van der Waals surface area (Å²) in [6.07, 6.45) is 2.24. The zero-order valence-electron chi connectivity index (χ0n) is 20.5. The predicted octanol–water partition coefficient (Wildman–Crippen LogP) is 3.88. The lowest BCUT2D eigenvalue weighted by Crippen LogP contribution is -2.35. The highest BCUT2D eigenvalue weighted by molar-refractivity contribution is 5.89. The highest BCUT2D eigenvalue weighted by Gasteiger charge is 2.36. The largest absolute Gasteiger partial charge is 0.493 e. The van der Waals surface area contributed by atoms with E-state index in [1.165, 1.54) is 14.2 Å². The van der Waals surface area contributed by atoms with Gasteiger partial charge in [0.15, 0.2) is 11.5 Å². The summed E-state index contributed by atoms with van der Waals surface area (Å²) >= 11 is 0. The summed E-state index contributed by atoms with van der Waals surface area (Å²) in [5.41, 5.74) is 1.66. The van der Waals surface area contributed by atoms with Crippen LogP contribution in [0, 0.1) is 0 Å². The fraction of sp³-hybridized carbons (Fsp3) is 0.462. The van der Waals surface area contributed by atoms with E-state index in [9.17, 15) is 9.59 Å². The molecule has 2 aromatic rings. The van der Waals surface area contributed by atoms with E-state index in [1.54, 1.807) is 20.3 Å². The van der Waals surface area contributed by atoms with E-state index in [-0.39, 0.29) is 11.9 Å². The van der Waals surface area contributed by atoms with Crippen LogP contribution in [0.25, 0.3) is 0 Å². The van der Waals surface area contributed by atoms with Crippen LogP contribution in [0.1, 0.15) is 41.3 Å². The second-order valence-electron chi connectivity index (χ2n) is 8.24. The average molecular weight is 458 g/mol. The molecular weight excluding hydrogens is 422 g/mol. The first kappa shape index (κ1) is 26.2. The zero-order valence-corrected chi connectivity index (χ0v) is 20.5. The maximum Gasteiger partial charge on any atom is 0.337 e. The predicted molar refractivity (Wildman–Crippen MR) is 127 cm³/mol. The van der Waals surface area contributed by atoms with Gasteiger partial charge in [0.1, 0.15) is 0 Å². The third-order valence-electron chi connectivity index (χ3n) is 6.00. The molecule has 33 heavy (non-hydrogen) atoms. The van der Waals surface area contributed by atoms with Gasteiger partial charge in [-0.1, -0.05) is 18.2 Å². The van der Waals surface area contributed by atoms with Crippen LogP contribution in [0.4, 0.5) is 0 Å². The monoisotopic (exact) mass is 457 g/mol. The van der Waals surface area contributed by atoms with Crippen molar-refractivity contribution < 1.29 is 28.5 Å². The maximum atomic E-state index is 12.7. The lowest BCUT2D eigenvalue weighted by Gasteiger charge is -2.29. The van der Waals surface area contributed by atoms with Crippen molar-refractivity contribution in [1.82, 2.24) is 4.90 Å². The molecule has 0 aliphatic rings. The molecule has 0 heterocycles. The minimum atomic E-state index is -0.802. The van der Waals surface area contributed by atoms with Crippen LogP contribution in [0.5, 0.6) is 11.5 Å². The molecule has 0 bridgehead atoms. The van der Waals surface area contributed by atoms with Crippen molar-refractivity contribution in [3.8, 4) is 11.5 Å². The van der Waals surface area contributed by atoms with E-state index in [0.29, 0.717) is 23.5 Å². The van der Waals surface area contributed by atoms with Crippen LogP contribution in [-0.4, -0.2) is 65.4 Å². The minimum absolute atomic E-state index is 0.281. The highest BCUT2D eigenvalue weighted by atomic mass is 16.5. The number of esters is 2. The van der Waals surface area contributed by atoms with Gasteiger partial charge in [0.25, 0.3) is 0 Å². The number of carbonyl (C=O) groups excluding carboxylic acids is 2. The highest BCUT2D eigenvalue weighted by Crippen LogP contribution is 2.36. The van der Waals surface area contributed by atoms with Crippen molar-refractivity contribution in [2.75, 3.05) is 48.6 Å². The van der Waals surface area contributed by atoms with Gasteiger partial charge in [-0.25, -0.2) is 4.79 Å². The van der Waals surface area contributed by atoms with Crippen molar-refractivity contribution >= 4 is 11.9 Å². The number of carbonyl (C=O) groups is 2. The summed E-state index contributed by atoms with van der Waals surface area (Å²) in [6, 6.07) is 13.0. The molecule has 1 atom stereocenters. The van der Waals surface area contributed by atoms with Gasteiger partial charge < -0.3 is 23.8 Å². The van der Waals surface area contributed by atoms with Crippen molar-refractivity contribution in [3.63, 3.8) is 0 Å². The average Bonchev–Trinajstić information content (AvgIpc) is 2.85. The Morgan fingerprint density at radius 2 is 1.64 bits per heavy atom. The fourth-order valence-corrected chi connectivity index (χ4v) is 3.87. The Kier molecular flexibility index (Phi) is 9.73. The fourth-order valence-electron chi connectivity index (χ4n) is 3.87. The Hall–Kier alpha value is -3.06. The Balaban J connectivity index is 2.00. The number of likely N-dealkylation sites (N-methyl/N-ethyl adjacent to an activating group) is 1. The van der Waals surface area contributed by atoms with Crippen LogP contribution in [0.3, 0.4) is 0 Å². The van der Waals surface area contributed by atoms with Gasteiger partial charge in [-0.15, -0.1) is 0 Å². The standard InChI is InChI=1S/C26H35NO6/c1-26(25(29)33-6,21-11-12-22(30-3)23(18-21)31-4)14-8-15-27(2)16-13-19-9-7-10-20(17-19)24(28)32-5/h7,9-12,17-18H,8,13-16H2,1-6H3. The van der Waals surface area contributed by atoms with Crippen LogP contribution in [0.15, 0.2) is 42.5 Å². The molecule has 0 amide bonds. The van der Waals surface area contributed by atoms with Crippen molar-refractivity contribution in [2.24, 2.45) is 0 Å². The first-order chi connectivity index (χ1) is 15.8. The maximum absolute atomic E-state index is 12.7. The second-order valence-corrected chi connectivity index (χ2v) is 8.24. The number of hydrogen-bond donors (Lipinski definition) is 0. The molecule has 0 saturated heterocycles. The molecule has 0 spiro atoms. The first-order valence-corrected chi connectivity index (χ1v) is 11.0. The Labute approximate surface area is 196 Å². The van der Waals surface area contributed by atoms with E-state index in [2.05, 4.69) is 11.9 Å². The number of nitrogens with zero attached hydrogens (tertiary/aromatic N) is 1. The van der Waals surface area contributed by atoms with Crippen molar-refractivity contribution in [3.05, 3.63) is 59.2 Å². The van der Waals surface area contributed by atoms with E-state index >= 15 is 0 Å². The van der Waals surface area contributed by atoms with Crippen molar-refractivity contribution in [1.29, 1.82) is 0 Å². The summed E-state index contributed by atoms with van der Waals surface area (Å²) in [7, 11) is 8.00. The normalized spacial score (nSPS) is 12.7. The molecule has 0 fully saturated rings. The first-order valence-electron chi connectivity index (χ1n) is 11.0. The third-order valence-corrected chi connectivity index (χ3v) is 6.00. The van der Waals surface area contributed by atoms with Gasteiger partial charge in [-0.05, 0) is 75.2 Å². The molecule has 7 heteroatoms. The van der Waals surface area contributed by atoms with E-state index in [4.69, 9.17) is 18.9 Å². The van der Waals surface area contributed by atoms with Gasteiger partial charge in [0.2, 0.25) is 0 Å². The zero-order chi connectivity index (χ0) is 24.4. The molecule has 7 nitrogen and oxygen atoms in total. The number of methoxy groups -OCH3 is 4. The minimum Gasteiger partial charge on any atom is -0.493 e. The Bertz CT molecular complexity index is 944. The smallest absolute Gasteiger partial charge is 0.337 e. The SMILES string of the molecule is COC(=O)c1cccc(CCN(C)CCCC(C)(C(=O)OC)c2ccc(OC)c(OC)c2)c1. The molecule has 2 rings (SSSR count). The van der Waals surface area contributed by atoms with Crippen LogP contribution in [-0.2, 0) is 26.1 Å². The lowest BCUT2D eigenvalue weighted by molar-refractivity contribution is -0.147.